The first-order valence-electron chi connectivity index (χ1n) is 11.0. The van der Waals surface area contributed by atoms with E-state index < -0.39 is 5.60 Å². The maximum absolute atomic E-state index is 11.5. The van der Waals surface area contributed by atoms with E-state index in [-0.39, 0.29) is 12.0 Å². The summed E-state index contributed by atoms with van der Waals surface area (Å²) in [5.41, 5.74) is 0.0644. The Labute approximate surface area is 154 Å². The molecule has 0 aromatic carbocycles. The molecule has 4 saturated carbocycles. The molecular weight excluding hydrogens is 310 g/mol. The summed E-state index contributed by atoms with van der Waals surface area (Å²) >= 11 is 0. The van der Waals surface area contributed by atoms with Crippen LogP contribution in [0.3, 0.4) is 0 Å². The second kappa shape index (κ2) is 6.49. The molecule has 3 N–H and O–H groups in total. The molecule has 4 fully saturated rings. The van der Waals surface area contributed by atoms with Crippen molar-refractivity contribution in [1.29, 1.82) is 0 Å². The van der Waals surface area contributed by atoms with E-state index >= 15 is 0 Å². The topological polar surface area (TPSA) is 52.5 Å². The lowest BCUT2D eigenvalue weighted by molar-refractivity contribution is -0.150. The first-order valence-corrected chi connectivity index (χ1v) is 11.0. The second-order valence-electron chi connectivity index (χ2n) is 10.3. The van der Waals surface area contributed by atoms with Gasteiger partial charge < -0.3 is 15.5 Å². The Morgan fingerprint density at radius 1 is 0.920 bits per heavy atom. The van der Waals surface area contributed by atoms with Gasteiger partial charge in [-0.25, -0.2) is 0 Å². The molecule has 7 atom stereocenters. The highest BCUT2D eigenvalue weighted by Crippen LogP contribution is 2.68. The predicted octanol–water partition coefficient (Wildman–Crippen LogP) is 3.73. The van der Waals surface area contributed by atoms with E-state index in [9.17, 15) is 5.11 Å². The third-order valence-electron chi connectivity index (χ3n) is 9.61. The van der Waals surface area contributed by atoms with Crippen molar-refractivity contribution < 1.29 is 10.2 Å². The molecule has 0 saturated heterocycles. The summed E-state index contributed by atoms with van der Waals surface area (Å²) in [6, 6.07) is 0. The average molecular weight is 350 g/mol. The maximum Gasteiger partial charge on any atom is 0.0827 e. The van der Waals surface area contributed by atoms with E-state index in [1.54, 1.807) is 0 Å². The highest BCUT2D eigenvalue weighted by Gasteiger charge is 2.64. The van der Waals surface area contributed by atoms with Crippen LogP contribution in [-0.2, 0) is 0 Å². The standard InChI is InChI=1S/C22H39NO2/c1-20-10-4-3-5-16(20)6-7-17-18(20)8-11-21(2)19(17)9-12-22(21,25)15-23-13-14-24/h16-19,23-25H,3-15H2,1-2H3/t16-,17-,18+,19-,20+,21-,22+/m1/s1. The normalized spacial score (nSPS) is 52.3. The van der Waals surface area contributed by atoms with Crippen LogP contribution < -0.4 is 5.32 Å². The molecular formula is C22H39NO2. The fourth-order valence-electron chi connectivity index (χ4n) is 8.07. The van der Waals surface area contributed by atoms with Gasteiger partial charge >= 0.3 is 0 Å². The summed E-state index contributed by atoms with van der Waals surface area (Å²) in [7, 11) is 0. The van der Waals surface area contributed by atoms with Crippen molar-refractivity contribution in [2.45, 2.75) is 83.7 Å². The molecule has 144 valence electrons. The minimum absolute atomic E-state index is 0.0640. The smallest absolute Gasteiger partial charge is 0.0827 e. The molecule has 0 aliphatic heterocycles. The lowest BCUT2D eigenvalue weighted by atomic mass is 9.44. The fourth-order valence-corrected chi connectivity index (χ4v) is 8.07. The van der Waals surface area contributed by atoms with Crippen molar-refractivity contribution >= 4 is 0 Å². The molecule has 25 heavy (non-hydrogen) atoms. The van der Waals surface area contributed by atoms with Gasteiger partial charge in [0, 0.05) is 18.5 Å². The van der Waals surface area contributed by atoms with E-state index in [2.05, 4.69) is 19.2 Å². The Morgan fingerprint density at radius 3 is 2.52 bits per heavy atom. The molecule has 0 heterocycles. The molecule has 0 radical (unpaired) electrons. The van der Waals surface area contributed by atoms with Gasteiger partial charge in [-0.1, -0.05) is 26.7 Å². The van der Waals surface area contributed by atoms with Crippen molar-refractivity contribution in [1.82, 2.24) is 5.32 Å². The van der Waals surface area contributed by atoms with Gasteiger partial charge in [-0.2, -0.15) is 0 Å². The molecule has 4 aliphatic rings. The molecule has 3 nitrogen and oxygen atoms in total. The largest absolute Gasteiger partial charge is 0.395 e. The third-order valence-corrected chi connectivity index (χ3v) is 9.61. The van der Waals surface area contributed by atoms with E-state index in [0.29, 0.717) is 24.4 Å². The van der Waals surface area contributed by atoms with Crippen LogP contribution in [0.15, 0.2) is 0 Å². The Bertz CT molecular complexity index is 496. The molecule has 0 amide bonds. The van der Waals surface area contributed by atoms with Gasteiger partial charge in [-0.05, 0) is 80.5 Å². The molecule has 0 aromatic rings. The molecule has 0 bridgehead atoms. The monoisotopic (exact) mass is 349 g/mol. The van der Waals surface area contributed by atoms with Crippen LogP contribution in [-0.4, -0.2) is 35.5 Å². The van der Waals surface area contributed by atoms with Crippen molar-refractivity contribution in [3.8, 4) is 0 Å². The third kappa shape index (κ3) is 2.63. The summed E-state index contributed by atoms with van der Waals surface area (Å²) in [6.45, 7) is 6.41. The highest BCUT2D eigenvalue weighted by molar-refractivity contribution is 5.14. The van der Waals surface area contributed by atoms with Crippen LogP contribution in [0.5, 0.6) is 0 Å². The van der Waals surface area contributed by atoms with Gasteiger partial charge in [0.05, 0.1) is 12.2 Å². The van der Waals surface area contributed by atoms with Crippen LogP contribution in [0.4, 0.5) is 0 Å². The molecule has 0 spiro atoms. The first-order chi connectivity index (χ1) is 11.9. The Hall–Kier alpha value is -0.120. The Balaban J connectivity index is 1.55. The zero-order valence-electron chi connectivity index (χ0n) is 16.4. The fraction of sp³-hybridized carbons (Fsp3) is 1.00. The van der Waals surface area contributed by atoms with Crippen molar-refractivity contribution in [2.75, 3.05) is 19.7 Å². The lowest BCUT2D eigenvalue weighted by Crippen LogP contribution is -2.58. The van der Waals surface area contributed by atoms with Gasteiger partial charge in [-0.15, -0.1) is 0 Å². The summed E-state index contributed by atoms with van der Waals surface area (Å²) in [5.74, 6) is 3.41. The van der Waals surface area contributed by atoms with Gasteiger partial charge in [0.2, 0.25) is 0 Å². The molecule has 4 rings (SSSR count). The number of fused-ring (bicyclic) bond motifs is 5. The zero-order chi connectivity index (χ0) is 17.7. The van der Waals surface area contributed by atoms with Crippen LogP contribution in [0, 0.1) is 34.5 Å². The summed E-state index contributed by atoms with van der Waals surface area (Å²) < 4.78 is 0. The quantitative estimate of drug-likeness (QED) is 0.678. The summed E-state index contributed by atoms with van der Waals surface area (Å²) in [5, 5.41) is 23.9. The number of hydrogen-bond acceptors (Lipinski definition) is 3. The highest BCUT2D eigenvalue weighted by atomic mass is 16.3. The van der Waals surface area contributed by atoms with E-state index in [1.165, 1.54) is 57.8 Å². The number of aliphatic hydroxyl groups is 2. The van der Waals surface area contributed by atoms with E-state index in [4.69, 9.17) is 5.11 Å². The minimum Gasteiger partial charge on any atom is -0.395 e. The molecule has 0 unspecified atom stereocenters. The first kappa shape index (κ1) is 18.3. The lowest BCUT2D eigenvalue weighted by Gasteiger charge is -2.61. The Morgan fingerprint density at radius 2 is 1.72 bits per heavy atom. The van der Waals surface area contributed by atoms with Crippen molar-refractivity contribution in [3.63, 3.8) is 0 Å². The molecule has 0 aromatic heterocycles. The van der Waals surface area contributed by atoms with Crippen LogP contribution in [0.1, 0.15) is 78.1 Å². The van der Waals surface area contributed by atoms with Crippen LogP contribution in [0.2, 0.25) is 0 Å². The summed E-state index contributed by atoms with van der Waals surface area (Å²) in [6.07, 6.45) is 13.3. The van der Waals surface area contributed by atoms with Gasteiger partial charge in [-0.3, -0.25) is 0 Å². The maximum atomic E-state index is 11.5. The number of nitrogens with one attached hydrogen (secondary N) is 1. The predicted molar refractivity (Wildman–Crippen MR) is 101 cm³/mol. The van der Waals surface area contributed by atoms with Gasteiger partial charge in [0.15, 0.2) is 0 Å². The Kier molecular flexibility index (Phi) is 4.74. The number of rotatable bonds is 4. The van der Waals surface area contributed by atoms with Crippen molar-refractivity contribution in [3.05, 3.63) is 0 Å². The number of aliphatic hydroxyl groups excluding tert-OH is 1. The van der Waals surface area contributed by atoms with Gasteiger partial charge in [0.1, 0.15) is 0 Å². The second-order valence-corrected chi connectivity index (χ2v) is 10.3. The molecule has 4 aliphatic carbocycles. The van der Waals surface area contributed by atoms with E-state index in [1.807, 2.05) is 0 Å². The molecule has 3 heteroatoms. The van der Waals surface area contributed by atoms with E-state index in [0.717, 1.165) is 24.2 Å². The van der Waals surface area contributed by atoms with Crippen molar-refractivity contribution in [2.24, 2.45) is 34.5 Å². The minimum atomic E-state index is -0.581. The average Bonchev–Trinajstić information content (AvgIpc) is 2.86. The summed E-state index contributed by atoms with van der Waals surface area (Å²) in [4.78, 5) is 0. The van der Waals surface area contributed by atoms with Crippen LogP contribution >= 0.6 is 0 Å². The van der Waals surface area contributed by atoms with Gasteiger partial charge in [0.25, 0.3) is 0 Å². The van der Waals surface area contributed by atoms with Crippen LogP contribution in [0.25, 0.3) is 0 Å². The number of hydrogen-bond donors (Lipinski definition) is 3. The zero-order valence-corrected chi connectivity index (χ0v) is 16.4. The SMILES string of the molecule is C[C@]12CCCC[C@@H]1CC[C@H]1[C@H]3CC[C@](O)(CNCCO)[C@]3(C)CC[C@@H]12.